The minimum Gasteiger partial charge on any atom is -0.496 e. The molecule has 2 aliphatic rings. The number of benzene rings is 3. The fraction of sp³-hybridized carbons (Fsp3) is 0.478. The van der Waals surface area contributed by atoms with E-state index in [1.807, 2.05) is 71.9 Å². The van der Waals surface area contributed by atoms with Crippen molar-refractivity contribution in [3.05, 3.63) is 77.9 Å². The van der Waals surface area contributed by atoms with Crippen LogP contribution >= 0.6 is 0 Å². The van der Waals surface area contributed by atoms with Gasteiger partial charge < -0.3 is 40.4 Å². The van der Waals surface area contributed by atoms with E-state index in [1.165, 1.54) is 0 Å². The maximum Gasteiger partial charge on any atom is 0.410 e. The van der Waals surface area contributed by atoms with E-state index in [2.05, 4.69) is 41.9 Å². The van der Waals surface area contributed by atoms with Crippen molar-refractivity contribution in [3.63, 3.8) is 0 Å². The van der Waals surface area contributed by atoms with Gasteiger partial charge >= 0.3 is 12.2 Å². The fourth-order valence-corrected chi connectivity index (χ4v) is 7.65. The Hall–Kier alpha value is -6.52. The Morgan fingerprint density at radius 2 is 1.52 bits per heavy atom. The molecule has 0 unspecified atom stereocenters. The first-order valence-electron chi connectivity index (χ1n) is 21.4. The average Bonchev–Trinajstić information content (AvgIpc) is 3.96. The maximum absolute atomic E-state index is 13.9. The summed E-state index contributed by atoms with van der Waals surface area (Å²) in [7, 11) is 1.54. The molecule has 5 N–H and O–H groups in total. The standard InChI is InChI=1S/C46H59N9O8/c1-45(2,3)62-43(59)47-26-29-10-14-32(15-11-29)40(56)50-37(42(58)48-34-19-16-31(17-20-34)39-51-53-54-52-39)24-28-8-12-30(13-9-28)36-21-18-33(25-38(36)61-7)41(57)49-35-22-23-55(27-35)44(60)63-46(4,5)6/h8-9,12-13,16-21,25,29,32,35,37H,10-11,14-15,22-24,26-27H2,1-7H3,(H,47,59)(H,48,58)(H,49,57)(H,50,56)(H,51,52,53,54)/t29?,32?,35-,37+/m1/s1. The van der Waals surface area contributed by atoms with E-state index in [0.717, 1.165) is 35.1 Å². The molecular weight excluding hydrogens is 807 g/mol. The molecule has 2 atom stereocenters. The van der Waals surface area contributed by atoms with E-state index in [-0.39, 0.29) is 42.0 Å². The van der Waals surface area contributed by atoms with E-state index in [4.69, 9.17) is 14.2 Å². The molecule has 0 bridgehead atoms. The summed E-state index contributed by atoms with van der Waals surface area (Å²) in [6.07, 6.45) is 2.74. The van der Waals surface area contributed by atoms with Crippen LogP contribution in [0.4, 0.5) is 15.3 Å². The van der Waals surface area contributed by atoms with Crippen LogP contribution in [0.5, 0.6) is 5.75 Å². The van der Waals surface area contributed by atoms with Gasteiger partial charge in [0.2, 0.25) is 17.6 Å². The number of hydrogen-bond acceptors (Lipinski definition) is 11. The van der Waals surface area contributed by atoms with Crippen LogP contribution in [-0.2, 0) is 25.5 Å². The first kappa shape index (κ1) is 46.0. The molecule has 0 spiro atoms. The Balaban J connectivity index is 1.10. The van der Waals surface area contributed by atoms with E-state index in [0.29, 0.717) is 61.7 Å². The van der Waals surface area contributed by atoms with Gasteiger partial charge in [-0.25, -0.2) is 9.59 Å². The highest BCUT2D eigenvalue weighted by atomic mass is 16.6. The number of likely N-dealkylation sites (tertiary alicyclic amines) is 1. The molecule has 17 nitrogen and oxygen atoms in total. The smallest absolute Gasteiger partial charge is 0.410 e. The van der Waals surface area contributed by atoms with Gasteiger partial charge in [-0.15, -0.1) is 10.2 Å². The molecule has 1 saturated carbocycles. The number of hydrogen-bond donors (Lipinski definition) is 5. The summed E-state index contributed by atoms with van der Waals surface area (Å²) < 4.78 is 16.6. The molecular formula is C46H59N9O8. The molecule has 6 rings (SSSR count). The number of nitrogens with one attached hydrogen (secondary N) is 5. The van der Waals surface area contributed by atoms with E-state index in [9.17, 15) is 24.0 Å². The number of methoxy groups -OCH3 is 1. The van der Waals surface area contributed by atoms with Crippen LogP contribution in [0.15, 0.2) is 66.7 Å². The second-order valence-corrected chi connectivity index (χ2v) is 18.2. The highest BCUT2D eigenvalue weighted by Gasteiger charge is 2.32. The van der Waals surface area contributed by atoms with Gasteiger partial charge in [-0.05, 0) is 138 Å². The summed E-state index contributed by atoms with van der Waals surface area (Å²) in [6, 6.07) is 18.8. The van der Waals surface area contributed by atoms with Crippen molar-refractivity contribution in [3.8, 4) is 28.3 Å². The number of alkyl carbamates (subject to hydrolysis) is 1. The van der Waals surface area contributed by atoms with Gasteiger partial charge in [0.05, 0.1) is 7.11 Å². The first-order chi connectivity index (χ1) is 29.9. The summed E-state index contributed by atoms with van der Waals surface area (Å²) in [5.41, 5.74) is 2.90. The highest BCUT2D eigenvalue weighted by molar-refractivity contribution is 5.98. The number of anilines is 1. The number of H-pyrrole nitrogens is 1. The number of nitrogens with zero attached hydrogens (tertiary/aromatic N) is 4. The lowest BCUT2D eigenvalue weighted by Crippen LogP contribution is -2.48. The molecule has 2 heterocycles. The third-order valence-electron chi connectivity index (χ3n) is 10.9. The predicted molar refractivity (Wildman–Crippen MR) is 236 cm³/mol. The fourth-order valence-electron chi connectivity index (χ4n) is 7.65. The van der Waals surface area contributed by atoms with Crippen LogP contribution < -0.4 is 26.0 Å². The second kappa shape index (κ2) is 20.1. The van der Waals surface area contributed by atoms with Crippen molar-refractivity contribution in [2.24, 2.45) is 11.8 Å². The molecule has 1 aliphatic carbocycles. The summed E-state index contributed by atoms with van der Waals surface area (Å²) in [4.78, 5) is 67.3. The second-order valence-electron chi connectivity index (χ2n) is 18.2. The Morgan fingerprint density at radius 1 is 0.841 bits per heavy atom. The van der Waals surface area contributed by atoms with Crippen LogP contribution in [0.25, 0.3) is 22.5 Å². The van der Waals surface area contributed by atoms with Crippen LogP contribution in [0.1, 0.15) is 89.6 Å². The van der Waals surface area contributed by atoms with E-state index in [1.54, 1.807) is 48.4 Å². The lowest BCUT2D eigenvalue weighted by atomic mass is 9.81. The zero-order chi connectivity index (χ0) is 45.3. The molecule has 4 aromatic rings. The number of aromatic nitrogens is 4. The molecule has 5 amide bonds. The van der Waals surface area contributed by atoms with Crippen molar-refractivity contribution in [2.45, 2.75) is 103 Å². The predicted octanol–water partition coefficient (Wildman–Crippen LogP) is 6.28. The third-order valence-corrected chi connectivity index (χ3v) is 10.9. The number of ether oxygens (including phenoxy) is 3. The molecule has 1 saturated heterocycles. The zero-order valence-corrected chi connectivity index (χ0v) is 37.1. The highest BCUT2D eigenvalue weighted by Crippen LogP contribution is 2.32. The van der Waals surface area contributed by atoms with Crippen LogP contribution in [-0.4, -0.2) is 105 Å². The molecule has 336 valence electrons. The molecule has 1 aromatic heterocycles. The Labute approximate surface area is 367 Å². The quantitative estimate of drug-likeness (QED) is 0.101. The summed E-state index contributed by atoms with van der Waals surface area (Å²) >= 11 is 0. The molecule has 0 radical (unpaired) electrons. The van der Waals surface area contributed by atoms with Crippen molar-refractivity contribution in [1.82, 2.24) is 41.5 Å². The number of carbonyl (C=O) groups is 5. The van der Waals surface area contributed by atoms with E-state index >= 15 is 0 Å². The maximum atomic E-state index is 13.9. The number of aromatic amines is 1. The molecule has 2 fully saturated rings. The SMILES string of the molecule is COc1cc(C(=O)N[C@@H]2CCN(C(=O)OC(C)(C)C)C2)ccc1-c1ccc(C[C@H](NC(=O)C2CCC(CNC(=O)OC(C)(C)C)CC2)C(=O)Nc2ccc(-c3nn[nH]n3)cc2)cc1. The van der Waals surface area contributed by atoms with Crippen molar-refractivity contribution >= 4 is 35.6 Å². The molecule has 17 heteroatoms. The van der Waals surface area contributed by atoms with Gasteiger partial charge in [-0.3, -0.25) is 14.4 Å². The van der Waals surface area contributed by atoms with Crippen molar-refractivity contribution in [2.75, 3.05) is 32.1 Å². The van der Waals surface area contributed by atoms with E-state index < -0.39 is 29.4 Å². The normalized spacial score (nSPS) is 18.1. The van der Waals surface area contributed by atoms with Gasteiger partial charge in [-0.2, -0.15) is 5.21 Å². The van der Waals surface area contributed by atoms with Gasteiger partial charge in [0, 0.05) is 60.4 Å². The number of rotatable bonds is 13. The topological polar surface area (TPSA) is 219 Å². The van der Waals surface area contributed by atoms with Crippen LogP contribution in [0.3, 0.4) is 0 Å². The Bertz CT molecular complexity index is 2210. The number of tetrazole rings is 1. The monoisotopic (exact) mass is 865 g/mol. The summed E-state index contributed by atoms with van der Waals surface area (Å²) in [5, 5.41) is 25.9. The van der Waals surface area contributed by atoms with Crippen molar-refractivity contribution in [1.29, 1.82) is 0 Å². The van der Waals surface area contributed by atoms with Crippen LogP contribution in [0, 0.1) is 11.8 Å². The first-order valence-corrected chi connectivity index (χ1v) is 21.4. The molecule has 1 aliphatic heterocycles. The van der Waals surface area contributed by atoms with Gasteiger partial charge in [0.25, 0.3) is 5.91 Å². The van der Waals surface area contributed by atoms with Gasteiger partial charge in [0.1, 0.15) is 23.0 Å². The van der Waals surface area contributed by atoms with Crippen LogP contribution in [0.2, 0.25) is 0 Å². The number of amides is 5. The summed E-state index contributed by atoms with van der Waals surface area (Å²) in [5.74, 6) is 0.0195. The zero-order valence-electron chi connectivity index (χ0n) is 37.1. The average molecular weight is 866 g/mol. The van der Waals surface area contributed by atoms with Crippen molar-refractivity contribution < 1.29 is 38.2 Å². The Kier molecular flexibility index (Phi) is 14.7. The largest absolute Gasteiger partial charge is 0.496 e. The number of carbonyl (C=O) groups excluding carboxylic acids is 5. The van der Waals surface area contributed by atoms with Gasteiger partial charge in [0.15, 0.2) is 0 Å². The summed E-state index contributed by atoms with van der Waals surface area (Å²) in [6.45, 7) is 12.2. The lowest BCUT2D eigenvalue weighted by Gasteiger charge is -2.29. The molecule has 3 aromatic carbocycles. The minimum atomic E-state index is -0.893. The lowest BCUT2D eigenvalue weighted by molar-refractivity contribution is -0.130. The third kappa shape index (κ3) is 13.2. The Morgan fingerprint density at radius 3 is 2.16 bits per heavy atom. The van der Waals surface area contributed by atoms with Gasteiger partial charge in [-0.1, -0.05) is 24.3 Å². The molecule has 63 heavy (non-hydrogen) atoms. The minimum absolute atomic E-state index is 0.195.